The maximum Gasteiger partial charge on any atom is 0.195 e. The monoisotopic (exact) mass is 286 g/mol. The molecular formula is C18H26N2O. The van der Waals surface area contributed by atoms with E-state index in [0.717, 1.165) is 43.9 Å². The van der Waals surface area contributed by atoms with Crippen molar-refractivity contribution in [3.05, 3.63) is 53.7 Å². The number of oxazole rings is 1. The molecule has 0 atom stereocenters. The second-order valence-corrected chi connectivity index (χ2v) is 6.49. The maximum atomic E-state index is 5.79. The Kier molecular flexibility index (Phi) is 5.57. The van der Waals surface area contributed by atoms with Gasteiger partial charge in [0.15, 0.2) is 5.89 Å². The Morgan fingerprint density at radius 2 is 1.81 bits per heavy atom. The van der Waals surface area contributed by atoms with E-state index in [1.807, 2.05) is 6.20 Å². The number of aryl methyl sites for hydroxylation is 2. The van der Waals surface area contributed by atoms with Crippen molar-refractivity contribution in [2.24, 2.45) is 0 Å². The van der Waals surface area contributed by atoms with Crippen LogP contribution in [0.1, 0.15) is 44.4 Å². The number of hydrogen-bond donors (Lipinski definition) is 1. The Labute approximate surface area is 127 Å². The lowest BCUT2D eigenvalue weighted by molar-refractivity contribution is 0.401. The fourth-order valence-electron chi connectivity index (χ4n) is 2.24. The first kappa shape index (κ1) is 15.8. The minimum Gasteiger partial charge on any atom is -0.446 e. The molecule has 21 heavy (non-hydrogen) atoms. The molecule has 0 aliphatic heterocycles. The van der Waals surface area contributed by atoms with Gasteiger partial charge in [0.2, 0.25) is 0 Å². The van der Waals surface area contributed by atoms with E-state index < -0.39 is 0 Å². The highest BCUT2D eigenvalue weighted by Gasteiger charge is 2.09. The number of rotatable bonds is 7. The summed E-state index contributed by atoms with van der Waals surface area (Å²) in [4.78, 5) is 4.35. The van der Waals surface area contributed by atoms with Crippen LogP contribution < -0.4 is 5.32 Å². The average molecular weight is 286 g/mol. The summed E-state index contributed by atoms with van der Waals surface area (Å²) in [5, 5.41) is 3.44. The molecule has 0 saturated carbocycles. The second kappa shape index (κ2) is 7.41. The van der Waals surface area contributed by atoms with Crippen LogP contribution in [0.25, 0.3) is 0 Å². The normalized spacial score (nSPS) is 11.8. The molecule has 0 radical (unpaired) electrons. The van der Waals surface area contributed by atoms with E-state index in [-0.39, 0.29) is 5.54 Å². The maximum absolute atomic E-state index is 5.79. The molecule has 1 heterocycles. The number of aromatic nitrogens is 1. The first-order valence-corrected chi connectivity index (χ1v) is 7.75. The fraction of sp³-hybridized carbons (Fsp3) is 0.500. The molecule has 3 nitrogen and oxygen atoms in total. The quantitative estimate of drug-likeness (QED) is 0.841. The highest BCUT2D eigenvalue weighted by molar-refractivity contribution is 5.14. The third-order valence-electron chi connectivity index (χ3n) is 3.33. The van der Waals surface area contributed by atoms with Crippen molar-refractivity contribution in [3.63, 3.8) is 0 Å². The largest absolute Gasteiger partial charge is 0.446 e. The summed E-state index contributed by atoms with van der Waals surface area (Å²) < 4.78 is 5.79. The zero-order valence-corrected chi connectivity index (χ0v) is 13.4. The zero-order valence-electron chi connectivity index (χ0n) is 13.4. The van der Waals surface area contributed by atoms with Gasteiger partial charge in [-0.1, -0.05) is 30.3 Å². The smallest absolute Gasteiger partial charge is 0.195 e. The summed E-state index contributed by atoms with van der Waals surface area (Å²) in [5.41, 5.74) is 1.53. The van der Waals surface area contributed by atoms with Crippen molar-refractivity contribution >= 4 is 0 Å². The number of nitrogens with one attached hydrogen (secondary N) is 1. The van der Waals surface area contributed by atoms with Crippen molar-refractivity contribution in [1.29, 1.82) is 0 Å². The molecule has 2 aromatic rings. The third kappa shape index (κ3) is 6.13. The van der Waals surface area contributed by atoms with Crippen molar-refractivity contribution in [3.8, 4) is 0 Å². The van der Waals surface area contributed by atoms with Gasteiger partial charge >= 0.3 is 0 Å². The second-order valence-electron chi connectivity index (χ2n) is 6.49. The molecule has 3 heteroatoms. The van der Waals surface area contributed by atoms with Gasteiger partial charge in [0.25, 0.3) is 0 Å². The van der Waals surface area contributed by atoms with Gasteiger partial charge < -0.3 is 9.73 Å². The van der Waals surface area contributed by atoms with E-state index in [4.69, 9.17) is 4.42 Å². The van der Waals surface area contributed by atoms with Gasteiger partial charge in [0.1, 0.15) is 5.76 Å². The molecule has 0 aliphatic rings. The van der Waals surface area contributed by atoms with Crippen molar-refractivity contribution in [2.75, 3.05) is 6.54 Å². The lowest BCUT2D eigenvalue weighted by Gasteiger charge is -2.19. The Hall–Kier alpha value is -1.61. The summed E-state index contributed by atoms with van der Waals surface area (Å²) in [6.45, 7) is 7.39. The predicted octanol–water partition coefficient (Wildman–Crippen LogP) is 3.78. The van der Waals surface area contributed by atoms with E-state index in [1.54, 1.807) is 0 Å². The molecule has 0 aliphatic carbocycles. The standard InChI is InChI=1S/C18H26N2O/c1-18(2,3)20-13-12-17-19-14-16(21-17)11-7-10-15-8-5-4-6-9-15/h4-6,8-9,14,20H,7,10-13H2,1-3H3. The molecule has 0 spiro atoms. The molecule has 0 fully saturated rings. The Morgan fingerprint density at radius 1 is 1.05 bits per heavy atom. The van der Waals surface area contributed by atoms with Crippen LogP contribution in [0, 0.1) is 0 Å². The molecule has 114 valence electrons. The molecule has 1 aromatic heterocycles. The summed E-state index contributed by atoms with van der Waals surface area (Å²) in [6, 6.07) is 10.6. The van der Waals surface area contributed by atoms with Crippen LogP contribution in [0.3, 0.4) is 0 Å². The van der Waals surface area contributed by atoms with Gasteiger partial charge in [0.05, 0.1) is 6.20 Å². The molecule has 1 aromatic carbocycles. The minimum absolute atomic E-state index is 0.144. The summed E-state index contributed by atoms with van der Waals surface area (Å²) in [6.07, 6.45) is 5.85. The average Bonchev–Trinajstić information content (AvgIpc) is 2.86. The van der Waals surface area contributed by atoms with Gasteiger partial charge in [0, 0.05) is 24.9 Å². The SMILES string of the molecule is CC(C)(C)NCCc1ncc(CCCc2ccccc2)o1. The zero-order chi connectivity index (χ0) is 15.1. The van der Waals surface area contributed by atoms with Crippen LogP contribution in [0.15, 0.2) is 40.9 Å². The third-order valence-corrected chi connectivity index (χ3v) is 3.33. The topological polar surface area (TPSA) is 38.1 Å². The van der Waals surface area contributed by atoms with Crippen molar-refractivity contribution < 1.29 is 4.42 Å². The van der Waals surface area contributed by atoms with Crippen molar-refractivity contribution in [1.82, 2.24) is 10.3 Å². The first-order valence-electron chi connectivity index (χ1n) is 7.75. The van der Waals surface area contributed by atoms with Crippen LogP contribution in [0.4, 0.5) is 0 Å². The minimum atomic E-state index is 0.144. The van der Waals surface area contributed by atoms with E-state index in [2.05, 4.69) is 61.4 Å². The van der Waals surface area contributed by atoms with Gasteiger partial charge in [-0.05, 0) is 39.2 Å². The Balaban J connectivity index is 1.70. The van der Waals surface area contributed by atoms with Crippen LogP contribution in [0.5, 0.6) is 0 Å². The van der Waals surface area contributed by atoms with Gasteiger partial charge in [-0.15, -0.1) is 0 Å². The molecule has 0 bridgehead atoms. The molecule has 0 unspecified atom stereocenters. The Bertz CT molecular complexity index is 526. The lowest BCUT2D eigenvalue weighted by Crippen LogP contribution is -2.37. The van der Waals surface area contributed by atoms with Crippen LogP contribution in [0.2, 0.25) is 0 Å². The van der Waals surface area contributed by atoms with E-state index >= 15 is 0 Å². The number of benzene rings is 1. The van der Waals surface area contributed by atoms with E-state index in [9.17, 15) is 0 Å². The fourth-order valence-corrected chi connectivity index (χ4v) is 2.24. The highest BCUT2D eigenvalue weighted by Crippen LogP contribution is 2.10. The summed E-state index contributed by atoms with van der Waals surface area (Å²) in [7, 11) is 0. The van der Waals surface area contributed by atoms with E-state index in [1.165, 1.54) is 5.56 Å². The predicted molar refractivity (Wildman–Crippen MR) is 86.4 cm³/mol. The molecule has 0 saturated heterocycles. The number of hydrogen-bond acceptors (Lipinski definition) is 3. The van der Waals surface area contributed by atoms with Gasteiger partial charge in [-0.25, -0.2) is 4.98 Å². The van der Waals surface area contributed by atoms with Crippen LogP contribution >= 0.6 is 0 Å². The summed E-state index contributed by atoms with van der Waals surface area (Å²) >= 11 is 0. The van der Waals surface area contributed by atoms with Gasteiger partial charge in [-0.2, -0.15) is 0 Å². The Morgan fingerprint density at radius 3 is 2.52 bits per heavy atom. The molecule has 2 rings (SSSR count). The molecular weight excluding hydrogens is 260 g/mol. The molecule has 0 amide bonds. The number of nitrogens with zero attached hydrogens (tertiary/aromatic N) is 1. The highest BCUT2D eigenvalue weighted by atomic mass is 16.4. The van der Waals surface area contributed by atoms with E-state index in [0.29, 0.717) is 0 Å². The lowest BCUT2D eigenvalue weighted by atomic mass is 10.1. The van der Waals surface area contributed by atoms with Gasteiger partial charge in [-0.3, -0.25) is 0 Å². The molecule has 1 N–H and O–H groups in total. The van der Waals surface area contributed by atoms with Crippen LogP contribution in [-0.4, -0.2) is 17.1 Å². The van der Waals surface area contributed by atoms with Crippen molar-refractivity contribution in [2.45, 2.75) is 52.0 Å². The first-order chi connectivity index (χ1) is 10.0. The van der Waals surface area contributed by atoms with Crippen LogP contribution in [-0.2, 0) is 19.3 Å². The summed E-state index contributed by atoms with van der Waals surface area (Å²) in [5.74, 6) is 1.83.